The Bertz CT molecular complexity index is 1240. The van der Waals surface area contributed by atoms with Crippen LogP contribution in [0.3, 0.4) is 0 Å². The van der Waals surface area contributed by atoms with E-state index >= 15 is 0 Å². The number of halogens is 2. The van der Waals surface area contributed by atoms with Crippen LogP contribution in [0.25, 0.3) is 0 Å². The number of ether oxygens (including phenoxy) is 2. The van der Waals surface area contributed by atoms with Crippen molar-refractivity contribution in [3.05, 3.63) is 86.2 Å². The number of aromatic nitrogens is 2. The standard InChI is InChI=1S/C19H13F2N3O5/c20-11-2-3-13(21)14(6-11)23-17(25)12-7-22-19(27)24(18(12)26)8-10-1-4-15-16(5-10)29-9-28-15/h1-7H,8-9H2,(H,22,27)(H,23,25). The molecule has 0 bridgehead atoms. The van der Waals surface area contributed by atoms with E-state index in [-0.39, 0.29) is 13.3 Å². The van der Waals surface area contributed by atoms with Crippen molar-refractivity contribution in [2.75, 3.05) is 12.1 Å². The van der Waals surface area contributed by atoms with Crippen molar-refractivity contribution in [3.8, 4) is 11.5 Å². The number of carbonyl (C=O) groups excluding carboxylic acids is 1. The van der Waals surface area contributed by atoms with E-state index in [0.717, 1.165) is 29.0 Å². The Morgan fingerprint density at radius 3 is 2.72 bits per heavy atom. The molecule has 0 aliphatic carbocycles. The van der Waals surface area contributed by atoms with Crippen LogP contribution in [0.1, 0.15) is 15.9 Å². The first-order chi connectivity index (χ1) is 13.9. The minimum absolute atomic E-state index is 0.0750. The SMILES string of the molecule is O=C(Nc1cc(F)ccc1F)c1c[nH]c(=O)n(Cc2ccc3c(c2)OCO3)c1=O. The molecule has 2 heterocycles. The van der Waals surface area contributed by atoms with Gasteiger partial charge in [0.2, 0.25) is 6.79 Å². The number of H-pyrrole nitrogens is 1. The zero-order chi connectivity index (χ0) is 20.5. The number of anilines is 1. The molecule has 0 saturated carbocycles. The highest BCUT2D eigenvalue weighted by Gasteiger charge is 2.18. The van der Waals surface area contributed by atoms with Crippen molar-refractivity contribution >= 4 is 11.6 Å². The van der Waals surface area contributed by atoms with Crippen molar-refractivity contribution in [3.63, 3.8) is 0 Å². The number of hydrogen-bond acceptors (Lipinski definition) is 5. The molecular formula is C19H13F2N3O5. The Morgan fingerprint density at radius 1 is 1.10 bits per heavy atom. The van der Waals surface area contributed by atoms with E-state index in [4.69, 9.17) is 9.47 Å². The van der Waals surface area contributed by atoms with Gasteiger partial charge in [-0.2, -0.15) is 0 Å². The van der Waals surface area contributed by atoms with E-state index in [1.165, 1.54) is 0 Å². The quantitative estimate of drug-likeness (QED) is 0.695. The zero-order valence-corrected chi connectivity index (χ0v) is 14.7. The Morgan fingerprint density at radius 2 is 1.90 bits per heavy atom. The number of aromatic amines is 1. The summed E-state index contributed by atoms with van der Waals surface area (Å²) < 4.78 is 38.3. The Hall–Kier alpha value is -3.95. The summed E-state index contributed by atoms with van der Waals surface area (Å²) in [5.74, 6) is -1.61. The fraction of sp³-hybridized carbons (Fsp3) is 0.105. The maximum Gasteiger partial charge on any atom is 0.328 e. The van der Waals surface area contributed by atoms with Gasteiger partial charge in [-0.15, -0.1) is 0 Å². The molecule has 2 N–H and O–H groups in total. The number of amides is 1. The van der Waals surface area contributed by atoms with Gasteiger partial charge < -0.3 is 19.8 Å². The van der Waals surface area contributed by atoms with E-state index < -0.39 is 40.0 Å². The molecule has 0 saturated heterocycles. The molecule has 1 aliphatic rings. The summed E-state index contributed by atoms with van der Waals surface area (Å²) in [6, 6.07) is 7.42. The number of hydrogen-bond donors (Lipinski definition) is 2. The highest BCUT2D eigenvalue weighted by atomic mass is 19.1. The molecule has 0 unspecified atom stereocenters. The maximum atomic E-state index is 13.7. The number of nitrogens with zero attached hydrogens (tertiary/aromatic N) is 1. The lowest BCUT2D eigenvalue weighted by Crippen LogP contribution is -2.39. The number of fused-ring (bicyclic) bond motifs is 1. The third kappa shape index (κ3) is 3.59. The third-order valence-corrected chi connectivity index (χ3v) is 4.26. The first-order valence-corrected chi connectivity index (χ1v) is 8.40. The van der Waals surface area contributed by atoms with E-state index in [2.05, 4.69) is 10.3 Å². The summed E-state index contributed by atoms with van der Waals surface area (Å²) in [5, 5.41) is 2.13. The fourth-order valence-electron chi connectivity index (χ4n) is 2.82. The van der Waals surface area contributed by atoms with Crippen molar-refractivity contribution < 1.29 is 23.0 Å². The minimum atomic E-state index is -0.991. The fourth-order valence-corrected chi connectivity index (χ4v) is 2.82. The van der Waals surface area contributed by atoms with Gasteiger partial charge in [0.15, 0.2) is 11.5 Å². The molecule has 0 radical (unpaired) electrons. The second-order valence-electron chi connectivity index (χ2n) is 6.16. The lowest BCUT2D eigenvalue weighted by Gasteiger charge is -2.09. The molecule has 0 spiro atoms. The number of rotatable bonds is 4. The lowest BCUT2D eigenvalue weighted by molar-refractivity contribution is 0.102. The van der Waals surface area contributed by atoms with Gasteiger partial charge in [-0.05, 0) is 29.8 Å². The molecule has 0 atom stereocenters. The van der Waals surface area contributed by atoms with E-state index in [1.807, 2.05) is 0 Å². The summed E-state index contributed by atoms with van der Waals surface area (Å²) in [7, 11) is 0. The van der Waals surface area contributed by atoms with Crippen LogP contribution in [0.5, 0.6) is 11.5 Å². The van der Waals surface area contributed by atoms with Gasteiger partial charge in [-0.3, -0.25) is 14.2 Å². The zero-order valence-electron chi connectivity index (χ0n) is 14.7. The lowest BCUT2D eigenvalue weighted by atomic mass is 10.2. The molecule has 4 rings (SSSR count). The predicted octanol–water partition coefficient (Wildman–Crippen LogP) is 1.84. The van der Waals surface area contributed by atoms with E-state index in [9.17, 15) is 23.2 Å². The second-order valence-corrected chi connectivity index (χ2v) is 6.16. The molecule has 10 heteroatoms. The smallest absolute Gasteiger partial charge is 0.328 e. The maximum absolute atomic E-state index is 13.7. The monoisotopic (exact) mass is 401 g/mol. The average Bonchev–Trinajstić information content (AvgIpc) is 3.15. The molecule has 8 nitrogen and oxygen atoms in total. The van der Waals surface area contributed by atoms with Crippen LogP contribution in [0, 0.1) is 11.6 Å². The van der Waals surface area contributed by atoms with Crippen LogP contribution in [0.4, 0.5) is 14.5 Å². The number of carbonyl (C=O) groups is 1. The van der Waals surface area contributed by atoms with Gasteiger partial charge in [0.1, 0.15) is 17.2 Å². The Kier molecular flexibility index (Phi) is 4.59. The Labute approximate surface area is 161 Å². The van der Waals surface area contributed by atoms with Crippen LogP contribution in [-0.2, 0) is 6.54 Å². The molecule has 29 heavy (non-hydrogen) atoms. The third-order valence-electron chi connectivity index (χ3n) is 4.26. The topological polar surface area (TPSA) is 102 Å². The van der Waals surface area contributed by atoms with Crippen LogP contribution >= 0.6 is 0 Å². The summed E-state index contributed by atoms with van der Waals surface area (Å²) in [4.78, 5) is 39.5. The number of benzene rings is 2. The van der Waals surface area contributed by atoms with Crippen molar-refractivity contribution in [1.29, 1.82) is 0 Å². The highest BCUT2D eigenvalue weighted by Crippen LogP contribution is 2.32. The molecular weight excluding hydrogens is 388 g/mol. The summed E-state index contributed by atoms with van der Waals surface area (Å²) in [6.45, 7) is -0.0636. The molecule has 0 fully saturated rings. The van der Waals surface area contributed by atoms with Crippen LogP contribution in [0.2, 0.25) is 0 Å². The van der Waals surface area contributed by atoms with Crippen LogP contribution in [0.15, 0.2) is 52.2 Å². The normalized spacial score (nSPS) is 12.1. The number of nitrogens with one attached hydrogen (secondary N) is 2. The van der Waals surface area contributed by atoms with Crippen molar-refractivity contribution in [2.45, 2.75) is 6.54 Å². The second kappa shape index (κ2) is 7.23. The van der Waals surface area contributed by atoms with Crippen molar-refractivity contribution in [1.82, 2.24) is 9.55 Å². The molecule has 1 aromatic heterocycles. The van der Waals surface area contributed by atoms with Crippen LogP contribution in [-0.4, -0.2) is 22.3 Å². The van der Waals surface area contributed by atoms with E-state index in [1.54, 1.807) is 18.2 Å². The summed E-state index contributed by atoms with van der Waals surface area (Å²) in [5.41, 5.74) is -1.92. The summed E-state index contributed by atoms with van der Waals surface area (Å²) >= 11 is 0. The van der Waals surface area contributed by atoms with Gasteiger partial charge in [0.05, 0.1) is 12.2 Å². The van der Waals surface area contributed by atoms with Crippen LogP contribution < -0.4 is 26.0 Å². The van der Waals surface area contributed by atoms with Gasteiger partial charge in [0, 0.05) is 12.3 Å². The molecule has 3 aromatic rings. The van der Waals surface area contributed by atoms with Gasteiger partial charge >= 0.3 is 5.69 Å². The van der Waals surface area contributed by atoms with E-state index in [0.29, 0.717) is 17.1 Å². The molecule has 2 aromatic carbocycles. The molecule has 148 valence electrons. The van der Waals surface area contributed by atoms with Crippen molar-refractivity contribution in [2.24, 2.45) is 0 Å². The average molecular weight is 401 g/mol. The van der Waals surface area contributed by atoms with Gasteiger partial charge in [-0.1, -0.05) is 6.07 Å². The first kappa shape index (κ1) is 18.4. The molecule has 1 aliphatic heterocycles. The predicted molar refractivity (Wildman–Crippen MR) is 97.3 cm³/mol. The molecule has 1 amide bonds. The minimum Gasteiger partial charge on any atom is -0.454 e. The van der Waals surface area contributed by atoms with Gasteiger partial charge in [0.25, 0.3) is 11.5 Å². The highest BCUT2D eigenvalue weighted by molar-refractivity contribution is 6.03. The Balaban J connectivity index is 1.64. The largest absolute Gasteiger partial charge is 0.454 e. The first-order valence-electron chi connectivity index (χ1n) is 8.40. The van der Waals surface area contributed by atoms with Gasteiger partial charge in [-0.25, -0.2) is 13.6 Å². The summed E-state index contributed by atoms with van der Waals surface area (Å²) in [6.07, 6.45) is 0.924.